The molecular weight excluding hydrogens is 288 g/mol. The molecule has 1 atom stereocenters. The molecule has 0 aliphatic rings. The number of benzene rings is 2. The Hall–Kier alpha value is -2.95. The van der Waals surface area contributed by atoms with Gasteiger partial charge in [-0.3, -0.25) is 4.79 Å². The Labute approximate surface area is 134 Å². The molecule has 1 aromatic heterocycles. The van der Waals surface area contributed by atoms with Gasteiger partial charge in [0.1, 0.15) is 11.9 Å². The lowest BCUT2D eigenvalue weighted by molar-refractivity contribution is -0.116. The van der Waals surface area contributed by atoms with Crippen LogP contribution in [0.4, 0.5) is 11.5 Å². The summed E-state index contributed by atoms with van der Waals surface area (Å²) in [6, 6.07) is 16.6. The van der Waals surface area contributed by atoms with Crippen LogP contribution in [0.2, 0.25) is 0 Å². The zero-order valence-corrected chi connectivity index (χ0v) is 13.1. The molecular formula is C18H18N4O. The van der Waals surface area contributed by atoms with Gasteiger partial charge in [-0.25, -0.2) is 9.97 Å². The van der Waals surface area contributed by atoms with Crippen molar-refractivity contribution in [3.8, 4) is 0 Å². The van der Waals surface area contributed by atoms with Crippen molar-refractivity contribution in [3.05, 3.63) is 60.3 Å². The predicted octanol–water partition coefficient (Wildman–Crippen LogP) is 3.38. The van der Waals surface area contributed by atoms with Crippen molar-refractivity contribution in [2.45, 2.75) is 19.9 Å². The molecule has 0 radical (unpaired) electrons. The van der Waals surface area contributed by atoms with E-state index >= 15 is 0 Å². The average Bonchev–Trinajstić information content (AvgIpc) is 2.56. The minimum Gasteiger partial charge on any atom is -0.357 e. The summed E-state index contributed by atoms with van der Waals surface area (Å²) in [6.45, 7) is 3.68. The minimum atomic E-state index is -0.427. The molecule has 1 amide bonds. The molecule has 116 valence electrons. The topological polar surface area (TPSA) is 66.9 Å². The summed E-state index contributed by atoms with van der Waals surface area (Å²) in [5.74, 6) is 0.505. The summed E-state index contributed by atoms with van der Waals surface area (Å²) >= 11 is 0. The third-order valence-corrected chi connectivity index (χ3v) is 3.53. The van der Waals surface area contributed by atoms with E-state index in [-0.39, 0.29) is 5.91 Å². The lowest BCUT2D eigenvalue weighted by Gasteiger charge is -2.16. The number of nitrogens with one attached hydrogen (secondary N) is 2. The number of hydrogen-bond donors (Lipinski definition) is 2. The van der Waals surface area contributed by atoms with Gasteiger partial charge >= 0.3 is 0 Å². The van der Waals surface area contributed by atoms with Gasteiger partial charge in [0.25, 0.3) is 0 Å². The molecule has 3 aromatic rings. The van der Waals surface area contributed by atoms with Gasteiger partial charge < -0.3 is 10.6 Å². The average molecular weight is 306 g/mol. The third kappa shape index (κ3) is 3.45. The van der Waals surface area contributed by atoms with Gasteiger partial charge in [0.05, 0.1) is 16.7 Å². The van der Waals surface area contributed by atoms with Crippen LogP contribution in [0.25, 0.3) is 11.0 Å². The zero-order valence-electron chi connectivity index (χ0n) is 13.1. The van der Waals surface area contributed by atoms with Crippen LogP contribution in [0.15, 0.2) is 54.6 Å². The Balaban J connectivity index is 1.75. The summed E-state index contributed by atoms with van der Waals surface area (Å²) in [5.41, 5.74) is 3.18. The van der Waals surface area contributed by atoms with Crippen LogP contribution in [0, 0.1) is 6.92 Å². The van der Waals surface area contributed by atoms with E-state index < -0.39 is 6.04 Å². The molecule has 5 heteroatoms. The van der Waals surface area contributed by atoms with Crippen molar-refractivity contribution in [1.29, 1.82) is 0 Å². The SMILES string of the molecule is Cc1nc2ccccc2nc1NC(C)C(=O)Nc1ccccc1. The molecule has 0 aliphatic heterocycles. The number of carbonyl (C=O) groups is 1. The summed E-state index contributed by atoms with van der Waals surface area (Å²) < 4.78 is 0. The molecule has 1 heterocycles. The van der Waals surface area contributed by atoms with Crippen LogP contribution in [-0.2, 0) is 4.79 Å². The summed E-state index contributed by atoms with van der Waals surface area (Å²) in [6.07, 6.45) is 0. The number of aromatic nitrogens is 2. The van der Waals surface area contributed by atoms with E-state index in [1.807, 2.05) is 61.5 Å². The first kappa shape index (κ1) is 15.0. The van der Waals surface area contributed by atoms with E-state index in [9.17, 15) is 4.79 Å². The molecule has 0 saturated heterocycles. The Kier molecular flexibility index (Phi) is 4.19. The number of fused-ring (bicyclic) bond motifs is 1. The van der Waals surface area contributed by atoms with E-state index in [1.54, 1.807) is 6.92 Å². The molecule has 0 spiro atoms. The second kappa shape index (κ2) is 6.44. The third-order valence-electron chi connectivity index (χ3n) is 3.53. The van der Waals surface area contributed by atoms with E-state index in [2.05, 4.69) is 20.6 Å². The van der Waals surface area contributed by atoms with Crippen molar-refractivity contribution in [1.82, 2.24) is 9.97 Å². The molecule has 5 nitrogen and oxygen atoms in total. The Bertz CT molecular complexity index is 833. The first-order chi connectivity index (χ1) is 11.1. The first-order valence-electron chi connectivity index (χ1n) is 7.49. The van der Waals surface area contributed by atoms with Gasteiger partial charge in [0, 0.05) is 5.69 Å². The van der Waals surface area contributed by atoms with Crippen molar-refractivity contribution < 1.29 is 4.79 Å². The number of amides is 1. The monoisotopic (exact) mass is 306 g/mol. The van der Waals surface area contributed by atoms with Gasteiger partial charge in [-0.05, 0) is 38.1 Å². The predicted molar refractivity (Wildman–Crippen MR) is 92.4 cm³/mol. The number of hydrogen-bond acceptors (Lipinski definition) is 4. The Morgan fingerprint density at radius 1 is 0.957 bits per heavy atom. The molecule has 2 N–H and O–H groups in total. The second-order valence-corrected chi connectivity index (χ2v) is 5.37. The van der Waals surface area contributed by atoms with E-state index in [4.69, 9.17) is 0 Å². The number of anilines is 2. The van der Waals surface area contributed by atoms with Crippen molar-refractivity contribution in [3.63, 3.8) is 0 Å². The van der Waals surface area contributed by atoms with Crippen LogP contribution in [0.3, 0.4) is 0 Å². The largest absolute Gasteiger partial charge is 0.357 e. The lowest BCUT2D eigenvalue weighted by Crippen LogP contribution is -2.32. The minimum absolute atomic E-state index is 0.120. The molecule has 1 unspecified atom stereocenters. The maximum Gasteiger partial charge on any atom is 0.246 e. The highest BCUT2D eigenvalue weighted by molar-refractivity contribution is 5.96. The Morgan fingerprint density at radius 2 is 1.57 bits per heavy atom. The maximum atomic E-state index is 12.3. The van der Waals surface area contributed by atoms with Crippen LogP contribution in [-0.4, -0.2) is 21.9 Å². The van der Waals surface area contributed by atoms with Gasteiger partial charge in [-0.1, -0.05) is 30.3 Å². The van der Waals surface area contributed by atoms with E-state index in [1.165, 1.54) is 0 Å². The molecule has 2 aromatic carbocycles. The van der Waals surface area contributed by atoms with Crippen molar-refractivity contribution in [2.75, 3.05) is 10.6 Å². The fourth-order valence-electron chi connectivity index (χ4n) is 2.27. The van der Waals surface area contributed by atoms with Crippen molar-refractivity contribution >= 4 is 28.4 Å². The fraction of sp³-hybridized carbons (Fsp3) is 0.167. The van der Waals surface area contributed by atoms with Gasteiger partial charge in [0.15, 0.2) is 0 Å². The van der Waals surface area contributed by atoms with Crippen LogP contribution in [0.1, 0.15) is 12.6 Å². The highest BCUT2D eigenvalue weighted by Gasteiger charge is 2.15. The first-order valence-corrected chi connectivity index (χ1v) is 7.49. The number of rotatable bonds is 4. The van der Waals surface area contributed by atoms with Gasteiger partial charge in [-0.15, -0.1) is 0 Å². The van der Waals surface area contributed by atoms with Gasteiger partial charge in [0.2, 0.25) is 5.91 Å². The number of para-hydroxylation sites is 3. The normalized spacial score (nSPS) is 11.9. The molecule has 0 saturated carbocycles. The molecule has 3 rings (SSSR count). The van der Waals surface area contributed by atoms with Crippen LogP contribution >= 0.6 is 0 Å². The zero-order chi connectivity index (χ0) is 16.2. The van der Waals surface area contributed by atoms with Crippen molar-refractivity contribution in [2.24, 2.45) is 0 Å². The van der Waals surface area contributed by atoms with Crippen LogP contribution < -0.4 is 10.6 Å². The standard InChI is InChI=1S/C18H18N4O/c1-12-17(22-16-11-7-6-10-15(16)19-12)20-13(2)18(23)21-14-8-4-3-5-9-14/h3-11,13H,1-2H3,(H,20,22)(H,21,23). The lowest BCUT2D eigenvalue weighted by atomic mass is 10.2. The second-order valence-electron chi connectivity index (χ2n) is 5.37. The highest BCUT2D eigenvalue weighted by atomic mass is 16.2. The number of carbonyl (C=O) groups excluding carboxylic acids is 1. The number of nitrogens with zero attached hydrogens (tertiary/aromatic N) is 2. The summed E-state index contributed by atoms with van der Waals surface area (Å²) in [4.78, 5) is 21.3. The van der Waals surface area contributed by atoms with E-state index in [0.29, 0.717) is 5.82 Å². The summed E-state index contributed by atoms with van der Waals surface area (Å²) in [7, 11) is 0. The molecule has 0 aliphatic carbocycles. The quantitative estimate of drug-likeness (QED) is 0.775. The highest BCUT2D eigenvalue weighted by Crippen LogP contribution is 2.17. The maximum absolute atomic E-state index is 12.3. The molecule has 0 bridgehead atoms. The van der Waals surface area contributed by atoms with E-state index in [0.717, 1.165) is 22.4 Å². The molecule has 23 heavy (non-hydrogen) atoms. The number of aryl methyl sites for hydroxylation is 1. The molecule has 0 fully saturated rings. The summed E-state index contributed by atoms with van der Waals surface area (Å²) in [5, 5.41) is 6.01. The Morgan fingerprint density at radius 3 is 2.26 bits per heavy atom. The van der Waals surface area contributed by atoms with Crippen LogP contribution in [0.5, 0.6) is 0 Å². The van der Waals surface area contributed by atoms with Gasteiger partial charge in [-0.2, -0.15) is 0 Å². The fourth-order valence-corrected chi connectivity index (χ4v) is 2.27. The smallest absolute Gasteiger partial charge is 0.246 e.